The second kappa shape index (κ2) is 6.77. The molecule has 21 heavy (non-hydrogen) atoms. The van der Waals surface area contributed by atoms with Crippen LogP contribution in [0.25, 0.3) is 0 Å². The summed E-state index contributed by atoms with van der Waals surface area (Å²) in [5, 5.41) is 0. The minimum atomic E-state index is 0.0908. The van der Waals surface area contributed by atoms with Gasteiger partial charge in [-0.25, -0.2) is 0 Å². The van der Waals surface area contributed by atoms with Crippen molar-refractivity contribution in [2.45, 2.75) is 59.0 Å². The zero-order valence-corrected chi connectivity index (χ0v) is 13.7. The van der Waals surface area contributed by atoms with Crippen molar-refractivity contribution in [2.24, 2.45) is 17.7 Å². The molecule has 118 valence electrons. The Kier molecular flexibility index (Phi) is 5.25. The summed E-state index contributed by atoms with van der Waals surface area (Å²) in [6.45, 7) is 10.6. The Hall–Kier alpha value is -1.10. The quantitative estimate of drug-likeness (QED) is 0.647. The van der Waals surface area contributed by atoms with Gasteiger partial charge in [0.25, 0.3) is 0 Å². The fraction of sp³-hybridized carbons (Fsp3) is 0.647. The molecule has 1 aliphatic heterocycles. The minimum absolute atomic E-state index is 0.0908. The fourth-order valence-electron chi connectivity index (χ4n) is 3.32. The van der Waals surface area contributed by atoms with Crippen molar-refractivity contribution >= 4 is 0 Å². The summed E-state index contributed by atoms with van der Waals surface area (Å²) in [5.41, 5.74) is 4.16. The second-order valence-corrected chi connectivity index (χ2v) is 6.36. The smallest absolute Gasteiger partial charge is 0.119 e. The zero-order chi connectivity index (χ0) is 15.6. The Morgan fingerprint density at radius 3 is 2.14 bits per heavy atom. The molecule has 1 fully saturated rings. The van der Waals surface area contributed by atoms with E-state index in [0.717, 1.165) is 5.75 Å². The van der Waals surface area contributed by atoms with Crippen LogP contribution >= 0.6 is 0 Å². The summed E-state index contributed by atoms with van der Waals surface area (Å²) < 4.78 is 11.6. The summed E-state index contributed by atoms with van der Waals surface area (Å²) in [6.07, 6.45) is 0.649. The molecule has 0 bridgehead atoms. The Bertz CT molecular complexity index is 447. The van der Waals surface area contributed by atoms with E-state index in [9.17, 15) is 0 Å². The molecule has 5 unspecified atom stereocenters. The van der Waals surface area contributed by atoms with Gasteiger partial charge in [-0.2, -0.15) is 0 Å². The lowest BCUT2D eigenvalue weighted by Crippen LogP contribution is -2.38. The first-order valence-corrected chi connectivity index (χ1v) is 7.82. The Balaban J connectivity index is 2.17. The van der Waals surface area contributed by atoms with E-state index in [1.165, 1.54) is 5.56 Å². The number of hydrogen-bond acceptors (Lipinski definition) is 4. The van der Waals surface area contributed by atoms with Gasteiger partial charge in [-0.3, -0.25) is 11.3 Å². The van der Waals surface area contributed by atoms with Crippen LogP contribution in [-0.4, -0.2) is 18.3 Å². The molecule has 0 aromatic heterocycles. The van der Waals surface area contributed by atoms with Crippen LogP contribution in [0.4, 0.5) is 0 Å². The summed E-state index contributed by atoms with van der Waals surface area (Å²) >= 11 is 0. The standard InChI is InChI=1S/C17H28N2O2/c1-10(2)20-15-8-6-14(7-9-15)17(19-18)16-11(3)12(4)21-13(16)5/h6-13,16-17,19H,18H2,1-5H3. The molecule has 1 heterocycles. The predicted octanol–water partition coefficient (Wildman–Crippen LogP) is 3.04. The van der Waals surface area contributed by atoms with Crippen LogP contribution in [0.3, 0.4) is 0 Å². The highest BCUT2D eigenvalue weighted by Gasteiger charge is 2.41. The number of ether oxygens (including phenoxy) is 2. The highest BCUT2D eigenvalue weighted by atomic mass is 16.5. The Morgan fingerprint density at radius 1 is 1.10 bits per heavy atom. The van der Waals surface area contributed by atoms with Crippen LogP contribution in [0.5, 0.6) is 5.75 Å². The maximum atomic E-state index is 5.95. The number of benzene rings is 1. The summed E-state index contributed by atoms with van der Waals surface area (Å²) in [6, 6.07) is 8.28. The third-order valence-electron chi connectivity index (χ3n) is 4.49. The van der Waals surface area contributed by atoms with Gasteiger partial charge in [0.2, 0.25) is 0 Å². The molecule has 4 heteroatoms. The first-order valence-electron chi connectivity index (χ1n) is 7.82. The summed E-state index contributed by atoms with van der Waals surface area (Å²) in [5.74, 6) is 7.56. The summed E-state index contributed by atoms with van der Waals surface area (Å²) in [4.78, 5) is 0. The zero-order valence-electron chi connectivity index (χ0n) is 13.7. The van der Waals surface area contributed by atoms with Crippen molar-refractivity contribution < 1.29 is 9.47 Å². The van der Waals surface area contributed by atoms with Crippen molar-refractivity contribution in [2.75, 3.05) is 0 Å². The van der Waals surface area contributed by atoms with Gasteiger partial charge in [0.1, 0.15) is 5.75 Å². The van der Waals surface area contributed by atoms with Crippen molar-refractivity contribution in [3.05, 3.63) is 29.8 Å². The number of hydrazine groups is 1. The molecule has 1 saturated heterocycles. The molecular formula is C17H28N2O2. The molecule has 0 amide bonds. The van der Waals surface area contributed by atoms with Crippen LogP contribution < -0.4 is 16.0 Å². The van der Waals surface area contributed by atoms with Crippen LogP contribution in [0, 0.1) is 11.8 Å². The average molecular weight is 292 g/mol. The van der Waals surface area contributed by atoms with Gasteiger partial charge >= 0.3 is 0 Å². The van der Waals surface area contributed by atoms with E-state index < -0.39 is 0 Å². The lowest BCUT2D eigenvalue weighted by atomic mass is 9.81. The van der Waals surface area contributed by atoms with E-state index in [2.05, 4.69) is 38.3 Å². The highest BCUT2D eigenvalue weighted by molar-refractivity contribution is 5.30. The molecule has 0 radical (unpaired) electrons. The number of nitrogens with two attached hydrogens (primary N) is 1. The molecule has 0 aliphatic carbocycles. The van der Waals surface area contributed by atoms with Crippen molar-refractivity contribution in [3.8, 4) is 5.75 Å². The van der Waals surface area contributed by atoms with Gasteiger partial charge in [0.15, 0.2) is 0 Å². The van der Waals surface area contributed by atoms with E-state index in [0.29, 0.717) is 11.8 Å². The van der Waals surface area contributed by atoms with Crippen molar-refractivity contribution in [3.63, 3.8) is 0 Å². The molecule has 1 aromatic rings. The molecule has 4 nitrogen and oxygen atoms in total. The third kappa shape index (κ3) is 3.57. The van der Waals surface area contributed by atoms with Gasteiger partial charge in [-0.1, -0.05) is 19.1 Å². The maximum Gasteiger partial charge on any atom is 0.119 e. The van der Waals surface area contributed by atoms with Gasteiger partial charge < -0.3 is 9.47 Å². The Labute approximate surface area is 128 Å². The second-order valence-electron chi connectivity index (χ2n) is 6.36. The minimum Gasteiger partial charge on any atom is -0.491 e. The molecule has 1 aromatic carbocycles. The average Bonchev–Trinajstić information content (AvgIpc) is 2.67. The lowest BCUT2D eigenvalue weighted by molar-refractivity contribution is 0.0475. The van der Waals surface area contributed by atoms with Gasteiger partial charge in [-0.05, 0) is 51.3 Å². The van der Waals surface area contributed by atoms with Crippen LogP contribution in [0.2, 0.25) is 0 Å². The van der Waals surface area contributed by atoms with Gasteiger partial charge in [-0.15, -0.1) is 0 Å². The van der Waals surface area contributed by atoms with Gasteiger partial charge in [0, 0.05) is 5.92 Å². The molecule has 0 spiro atoms. The number of rotatable bonds is 5. The van der Waals surface area contributed by atoms with E-state index in [1.807, 2.05) is 26.0 Å². The predicted molar refractivity (Wildman–Crippen MR) is 84.9 cm³/mol. The number of hydrogen-bond donors (Lipinski definition) is 2. The first-order chi connectivity index (χ1) is 9.93. The third-order valence-corrected chi connectivity index (χ3v) is 4.49. The Morgan fingerprint density at radius 2 is 1.71 bits per heavy atom. The van der Waals surface area contributed by atoms with E-state index >= 15 is 0 Å². The van der Waals surface area contributed by atoms with Gasteiger partial charge in [0.05, 0.1) is 24.4 Å². The van der Waals surface area contributed by atoms with Crippen molar-refractivity contribution in [1.29, 1.82) is 0 Å². The van der Waals surface area contributed by atoms with E-state index in [4.69, 9.17) is 15.3 Å². The molecule has 0 saturated carbocycles. The van der Waals surface area contributed by atoms with E-state index in [-0.39, 0.29) is 24.4 Å². The summed E-state index contributed by atoms with van der Waals surface area (Å²) in [7, 11) is 0. The molecule has 1 aliphatic rings. The molecule has 2 rings (SSSR count). The maximum absolute atomic E-state index is 5.95. The first kappa shape index (κ1) is 16.3. The van der Waals surface area contributed by atoms with Crippen LogP contribution in [0.1, 0.15) is 46.2 Å². The normalized spacial score (nSPS) is 30.6. The molecule has 3 N–H and O–H groups in total. The van der Waals surface area contributed by atoms with Crippen LogP contribution in [-0.2, 0) is 4.74 Å². The van der Waals surface area contributed by atoms with Crippen molar-refractivity contribution in [1.82, 2.24) is 5.43 Å². The number of nitrogens with one attached hydrogen (secondary N) is 1. The SMILES string of the molecule is CC(C)Oc1ccc(C(NN)C2C(C)OC(C)C2C)cc1. The topological polar surface area (TPSA) is 56.5 Å². The highest BCUT2D eigenvalue weighted by Crippen LogP contribution is 2.40. The molecule has 5 atom stereocenters. The van der Waals surface area contributed by atoms with E-state index in [1.54, 1.807) is 0 Å². The largest absolute Gasteiger partial charge is 0.491 e. The molecular weight excluding hydrogens is 264 g/mol. The lowest BCUT2D eigenvalue weighted by Gasteiger charge is -2.29. The van der Waals surface area contributed by atoms with Crippen LogP contribution in [0.15, 0.2) is 24.3 Å². The fourth-order valence-corrected chi connectivity index (χ4v) is 3.32. The monoisotopic (exact) mass is 292 g/mol.